The van der Waals surface area contributed by atoms with Crippen LogP contribution in [0.15, 0.2) is 54.6 Å². The number of hydrogen-bond acceptors (Lipinski definition) is 5. The van der Waals surface area contributed by atoms with Gasteiger partial charge in [0, 0.05) is 24.8 Å². The number of aliphatic carboxylic acids is 1. The Morgan fingerprint density at radius 3 is 2.18 bits per heavy atom. The average molecular weight is 608 g/mol. The Kier molecular flexibility index (Phi) is 16.5. The highest BCUT2D eigenvalue weighted by molar-refractivity contribution is 6.38. The molecule has 2 aromatic carbocycles. The largest absolute Gasteiger partial charge is 0.494 e. The fraction of sp³-hybridized carbons (Fsp3) is 0.568. The monoisotopic (exact) mass is 607 g/mol. The number of aryl methyl sites for hydroxylation is 2. The van der Waals surface area contributed by atoms with Crippen molar-refractivity contribution in [3.63, 3.8) is 0 Å². The molecule has 0 heterocycles. The van der Waals surface area contributed by atoms with E-state index in [-0.39, 0.29) is 25.2 Å². The number of benzene rings is 2. The van der Waals surface area contributed by atoms with Crippen LogP contribution in [0, 0.1) is 5.41 Å². The second-order valence-electron chi connectivity index (χ2n) is 12.3. The Balaban J connectivity index is 1.64. The van der Waals surface area contributed by atoms with E-state index in [0.717, 1.165) is 62.0 Å². The van der Waals surface area contributed by atoms with Crippen LogP contribution in [0.1, 0.15) is 109 Å². The topological polar surface area (TPSA) is 101 Å². The van der Waals surface area contributed by atoms with Gasteiger partial charge in [-0.1, -0.05) is 88.9 Å². The second-order valence-corrected chi connectivity index (χ2v) is 12.3. The third-order valence-corrected chi connectivity index (χ3v) is 8.22. The summed E-state index contributed by atoms with van der Waals surface area (Å²) in [7, 11) is 0. The molecular formula is C37H53NO6. The van der Waals surface area contributed by atoms with E-state index in [1.807, 2.05) is 25.1 Å². The maximum Gasteiger partial charge on any atom is 0.326 e. The number of unbranched alkanes of at least 4 members (excludes halogenated alkanes) is 4. The lowest BCUT2D eigenvalue weighted by Gasteiger charge is -2.31. The van der Waals surface area contributed by atoms with Gasteiger partial charge < -0.3 is 14.7 Å². The minimum atomic E-state index is -1.10. The first-order chi connectivity index (χ1) is 21.1. The number of rotatable bonds is 23. The number of Topliss-reactive ketones (excluding diaryl/α,β-unsaturated/α-hetero) is 2. The van der Waals surface area contributed by atoms with Gasteiger partial charge in [0.1, 0.15) is 17.6 Å². The summed E-state index contributed by atoms with van der Waals surface area (Å²) in [6.45, 7) is 7.75. The first-order valence-electron chi connectivity index (χ1n) is 16.4. The summed E-state index contributed by atoms with van der Waals surface area (Å²) in [5.41, 5.74) is 1.61. The molecule has 1 atom stereocenters. The van der Waals surface area contributed by atoms with Crippen LogP contribution < -0.4 is 4.74 Å². The number of carboxylic acids is 1. The van der Waals surface area contributed by atoms with Crippen LogP contribution in [0.4, 0.5) is 0 Å². The third kappa shape index (κ3) is 13.0. The molecule has 0 saturated carbocycles. The van der Waals surface area contributed by atoms with Crippen LogP contribution in [0.3, 0.4) is 0 Å². The zero-order valence-electron chi connectivity index (χ0n) is 27.3. The lowest BCUT2D eigenvalue weighted by atomic mass is 9.81. The van der Waals surface area contributed by atoms with Crippen LogP contribution in [0.2, 0.25) is 0 Å². The fourth-order valence-electron chi connectivity index (χ4n) is 5.33. The molecule has 0 bridgehead atoms. The molecule has 0 aliphatic rings. The summed E-state index contributed by atoms with van der Waals surface area (Å²) in [6.07, 6.45) is 9.48. The van der Waals surface area contributed by atoms with Gasteiger partial charge in [0.25, 0.3) is 5.91 Å². The van der Waals surface area contributed by atoms with Gasteiger partial charge in [-0.2, -0.15) is 0 Å². The van der Waals surface area contributed by atoms with E-state index in [2.05, 4.69) is 36.4 Å². The maximum absolute atomic E-state index is 13.1. The van der Waals surface area contributed by atoms with Crippen molar-refractivity contribution in [2.75, 3.05) is 13.2 Å². The highest BCUT2D eigenvalue weighted by Crippen LogP contribution is 2.26. The molecule has 1 amide bonds. The van der Waals surface area contributed by atoms with Crippen LogP contribution in [0.25, 0.3) is 0 Å². The molecule has 0 aliphatic heterocycles. The van der Waals surface area contributed by atoms with Crippen molar-refractivity contribution in [3.05, 3.63) is 65.7 Å². The van der Waals surface area contributed by atoms with Gasteiger partial charge >= 0.3 is 5.97 Å². The minimum Gasteiger partial charge on any atom is -0.494 e. The maximum atomic E-state index is 13.1. The number of ketones is 2. The van der Waals surface area contributed by atoms with Crippen molar-refractivity contribution in [1.82, 2.24) is 4.90 Å². The number of amides is 1. The van der Waals surface area contributed by atoms with Crippen molar-refractivity contribution in [1.29, 1.82) is 0 Å². The van der Waals surface area contributed by atoms with Gasteiger partial charge in [0.2, 0.25) is 5.78 Å². The molecule has 2 rings (SSSR count). The molecular weight excluding hydrogens is 554 g/mol. The number of nitrogens with zero attached hydrogens (tertiary/aromatic N) is 1. The lowest BCUT2D eigenvalue weighted by molar-refractivity contribution is -0.156. The Morgan fingerprint density at radius 2 is 1.50 bits per heavy atom. The molecule has 7 nitrogen and oxygen atoms in total. The summed E-state index contributed by atoms with van der Waals surface area (Å²) in [5.74, 6) is -1.52. The van der Waals surface area contributed by atoms with Gasteiger partial charge in [-0.25, -0.2) is 4.79 Å². The smallest absolute Gasteiger partial charge is 0.326 e. The molecule has 2 aromatic rings. The summed E-state index contributed by atoms with van der Waals surface area (Å²) in [6, 6.07) is 17.8. The minimum absolute atomic E-state index is 0.0809. The zero-order chi connectivity index (χ0) is 32.4. The Bertz CT molecular complexity index is 1180. The molecule has 7 heteroatoms. The van der Waals surface area contributed by atoms with Crippen molar-refractivity contribution >= 4 is 23.4 Å². The van der Waals surface area contributed by atoms with E-state index < -0.39 is 29.1 Å². The van der Waals surface area contributed by atoms with Crippen molar-refractivity contribution < 1.29 is 29.0 Å². The van der Waals surface area contributed by atoms with Crippen molar-refractivity contribution in [3.8, 4) is 5.75 Å². The van der Waals surface area contributed by atoms with E-state index in [0.29, 0.717) is 25.9 Å². The number of ether oxygens (including phenoxy) is 1. The van der Waals surface area contributed by atoms with E-state index in [4.69, 9.17) is 4.74 Å². The molecule has 0 aliphatic carbocycles. The number of carbonyl (C=O) groups is 4. The molecule has 0 fully saturated rings. The van der Waals surface area contributed by atoms with Gasteiger partial charge in [-0.05, 0) is 75.1 Å². The molecule has 0 spiro atoms. The summed E-state index contributed by atoms with van der Waals surface area (Å²) in [4.78, 5) is 51.5. The Labute approximate surface area is 264 Å². The first-order valence-corrected chi connectivity index (χ1v) is 16.4. The molecule has 1 N–H and O–H groups in total. The summed E-state index contributed by atoms with van der Waals surface area (Å²) < 4.78 is 5.97. The van der Waals surface area contributed by atoms with Crippen molar-refractivity contribution in [2.24, 2.45) is 5.41 Å². The van der Waals surface area contributed by atoms with Crippen LogP contribution in [0.5, 0.6) is 5.75 Å². The number of likely N-dealkylation sites (N-methyl/N-ethyl adjacent to an activating group) is 1. The molecule has 1 unspecified atom stereocenters. The van der Waals surface area contributed by atoms with Crippen molar-refractivity contribution in [2.45, 2.75) is 117 Å². The Hall–Kier alpha value is -3.48. The van der Waals surface area contributed by atoms with Gasteiger partial charge in [0.15, 0.2) is 0 Å². The predicted molar refractivity (Wildman–Crippen MR) is 175 cm³/mol. The van der Waals surface area contributed by atoms with E-state index >= 15 is 0 Å². The second kappa shape index (κ2) is 19.7. The molecule has 0 radical (unpaired) electrons. The Morgan fingerprint density at radius 1 is 0.818 bits per heavy atom. The molecule has 0 saturated heterocycles. The number of hydrogen-bond donors (Lipinski definition) is 1. The van der Waals surface area contributed by atoms with Gasteiger partial charge in [-0.3, -0.25) is 14.4 Å². The quantitative estimate of drug-likeness (QED) is 0.103. The standard InChI is InChI=1S/C37H53NO6/c1-5-7-24-33(36(42)43)38(6-2)35(41)34(40)37(3,4)26-25-31(39)22-13-8-9-14-27-44-32-23-16-21-30(28-32)20-15-19-29-17-11-10-12-18-29/h10-12,16-18,21,23,28,33H,5-9,13-15,19-20,22,24-27H2,1-4H3,(H,42,43). The van der Waals surface area contributed by atoms with E-state index in [9.17, 15) is 24.3 Å². The fourth-order valence-corrected chi connectivity index (χ4v) is 5.33. The third-order valence-electron chi connectivity index (χ3n) is 8.22. The highest BCUT2D eigenvalue weighted by atomic mass is 16.5. The van der Waals surface area contributed by atoms with E-state index in [1.165, 1.54) is 11.1 Å². The van der Waals surface area contributed by atoms with Crippen LogP contribution in [-0.2, 0) is 32.0 Å². The molecule has 44 heavy (non-hydrogen) atoms. The highest BCUT2D eigenvalue weighted by Gasteiger charge is 2.39. The van der Waals surface area contributed by atoms with Gasteiger partial charge in [-0.15, -0.1) is 0 Å². The van der Waals surface area contributed by atoms with E-state index in [1.54, 1.807) is 20.8 Å². The first kappa shape index (κ1) is 36.7. The van der Waals surface area contributed by atoms with Gasteiger partial charge in [0.05, 0.1) is 6.61 Å². The molecule has 0 aromatic heterocycles. The number of carboxylic acid groups (broad SMARTS) is 1. The van der Waals surface area contributed by atoms with Crippen LogP contribution in [-0.4, -0.2) is 52.6 Å². The molecule has 242 valence electrons. The lowest BCUT2D eigenvalue weighted by Crippen LogP contribution is -2.50. The number of carbonyl (C=O) groups excluding carboxylic acids is 3. The summed E-state index contributed by atoms with van der Waals surface area (Å²) in [5, 5.41) is 9.62. The predicted octanol–water partition coefficient (Wildman–Crippen LogP) is 7.63. The SMILES string of the molecule is CCCCC(C(=O)O)N(CC)C(=O)C(=O)C(C)(C)CCC(=O)CCCCCCOc1cccc(CCCc2ccccc2)c1. The average Bonchev–Trinajstić information content (AvgIpc) is 3.01. The van der Waals surface area contributed by atoms with Crippen LogP contribution >= 0.6 is 0 Å². The summed E-state index contributed by atoms with van der Waals surface area (Å²) >= 11 is 0. The zero-order valence-corrected chi connectivity index (χ0v) is 27.3. The normalized spacial score (nSPS) is 12.0.